The summed E-state index contributed by atoms with van der Waals surface area (Å²) in [6, 6.07) is 3.75. The van der Waals surface area contributed by atoms with E-state index in [9.17, 15) is 0 Å². The molecule has 0 amide bonds. The van der Waals surface area contributed by atoms with Gasteiger partial charge < -0.3 is 16.0 Å². The minimum Gasteiger partial charge on any atom is -0.384 e. The highest BCUT2D eigenvalue weighted by Crippen LogP contribution is 2.32. The summed E-state index contributed by atoms with van der Waals surface area (Å²) < 4.78 is 0. The summed E-state index contributed by atoms with van der Waals surface area (Å²) in [6.45, 7) is 4.25. The summed E-state index contributed by atoms with van der Waals surface area (Å²) >= 11 is 0. The van der Waals surface area contributed by atoms with Gasteiger partial charge in [0.25, 0.3) is 0 Å². The van der Waals surface area contributed by atoms with Gasteiger partial charge in [-0.2, -0.15) is 0 Å². The number of H-pyrrole nitrogens is 1. The van der Waals surface area contributed by atoms with Gasteiger partial charge in [-0.3, -0.25) is 0 Å². The number of nitrogens with two attached hydrogens (primary N) is 1. The van der Waals surface area contributed by atoms with E-state index in [1.807, 2.05) is 6.07 Å². The van der Waals surface area contributed by atoms with Crippen molar-refractivity contribution in [1.29, 1.82) is 0 Å². The van der Waals surface area contributed by atoms with E-state index >= 15 is 0 Å². The van der Waals surface area contributed by atoms with Crippen LogP contribution in [0.3, 0.4) is 0 Å². The highest BCUT2D eigenvalue weighted by Gasteiger charge is 2.36. The van der Waals surface area contributed by atoms with Crippen molar-refractivity contribution >= 4 is 17.0 Å². The first kappa shape index (κ1) is 10.5. The first-order chi connectivity index (χ1) is 8.23. The number of hydrogen-bond donors (Lipinski definition) is 3. The summed E-state index contributed by atoms with van der Waals surface area (Å²) in [6.07, 6.45) is 2.20. The molecule has 1 fully saturated rings. The van der Waals surface area contributed by atoms with E-state index in [4.69, 9.17) is 5.73 Å². The maximum atomic E-state index is 5.67. The van der Waals surface area contributed by atoms with Gasteiger partial charge in [0.05, 0.1) is 5.52 Å². The zero-order valence-electron chi connectivity index (χ0n) is 9.95. The van der Waals surface area contributed by atoms with E-state index in [1.165, 1.54) is 0 Å². The molecule has 0 aromatic carbocycles. The number of imidazole rings is 1. The fourth-order valence-corrected chi connectivity index (χ4v) is 2.57. The Morgan fingerprint density at radius 1 is 1.41 bits per heavy atom. The largest absolute Gasteiger partial charge is 0.384 e. The Morgan fingerprint density at radius 2 is 2.29 bits per heavy atom. The second kappa shape index (κ2) is 3.70. The summed E-state index contributed by atoms with van der Waals surface area (Å²) in [5.74, 6) is 1.56. The molecule has 5 nitrogen and oxygen atoms in total. The molecule has 3 rings (SSSR count). The van der Waals surface area contributed by atoms with Crippen LogP contribution in [-0.4, -0.2) is 28.0 Å². The second-order valence-electron chi connectivity index (χ2n) is 4.75. The average Bonchev–Trinajstić information content (AvgIpc) is 2.94. The smallest absolute Gasteiger partial charge is 0.179 e. The zero-order valence-corrected chi connectivity index (χ0v) is 9.95. The summed E-state index contributed by atoms with van der Waals surface area (Å²) in [7, 11) is 0. The third-order valence-corrected chi connectivity index (χ3v) is 3.79. The molecular weight excluding hydrogens is 214 g/mol. The van der Waals surface area contributed by atoms with Crippen molar-refractivity contribution < 1.29 is 0 Å². The molecule has 0 aliphatic carbocycles. The van der Waals surface area contributed by atoms with Crippen LogP contribution in [0.15, 0.2) is 12.1 Å². The van der Waals surface area contributed by atoms with Gasteiger partial charge in [-0.1, -0.05) is 6.92 Å². The predicted octanol–water partition coefficient (Wildman–Crippen LogP) is 1.18. The van der Waals surface area contributed by atoms with Gasteiger partial charge in [0.15, 0.2) is 5.65 Å². The number of nitrogens with zero attached hydrogens (tertiary/aromatic N) is 2. The van der Waals surface area contributed by atoms with Crippen molar-refractivity contribution in [3.63, 3.8) is 0 Å². The van der Waals surface area contributed by atoms with Gasteiger partial charge in [0.1, 0.15) is 11.6 Å². The number of nitrogen functional groups attached to an aromatic ring is 1. The fraction of sp³-hybridized carbons (Fsp3) is 0.500. The van der Waals surface area contributed by atoms with E-state index in [0.717, 1.165) is 42.9 Å². The number of fused-ring (bicyclic) bond motifs is 1. The molecule has 0 bridgehead atoms. The molecule has 17 heavy (non-hydrogen) atoms. The molecule has 3 heterocycles. The number of rotatable bonds is 2. The second-order valence-corrected chi connectivity index (χ2v) is 4.75. The lowest BCUT2D eigenvalue weighted by Gasteiger charge is -2.23. The van der Waals surface area contributed by atoms with Crippen molar-refractivity contribution in [2.75, 3.05) is 18.8 Å². The summed E-state index contributed by atoms with van der Waals surface area (Å²) in [5, 5.41) is 3.41. The molecule has 2 aromatic rings. The normalized spacial score (nSPS) is 24.5. The lowest BCUT2D eigenvalue weighted by atomic mass is 9.83. The third-order valence-electron chi connectivity index (χ3n) is 3.79. The predicted molar refractivity (Wildman–Crippen MR) is 67.8 cm³/mol. The lowest BCUT2D eigenvalue weighted by molar-refractivity contribution is 0.430. The van der Waals surface area contributed by atoms with Crippen LogP contribution in [0.25, 0.3) is 11.2 Å². The Morgan fingerprint density at radius 3 is 3.00 bits per heavy atom. The Kier molecular flexibility index (Phi) is 2.29. The van der Waals surface area contributed by atoms with E-state index in [2.05, 4.69) is 27.2 Å². The Labute approximate surface area is 99.8 Å². The third kappa shape index (κ3) is 1.58. The topological polar surface area (TPSA) is 79.6 Å². The Balaban J connectivity index is 2.11. The molecule has 1 atom stereocenters. The molecule has 0 radical (unpaired) electrons. The van der Waals surface area contributed by atoms with Crippen LogP contribution in [0.4, 0.5) is 5.82 Å². The standard InChI is InChI=1S/C12H17N5/c1-2-12(5-6-14-7-12)11-15-8-3-4-9(13)16-10(8)17-11/h3-4,14H,2,5-7H2,1H3,(H3,13,15,16,17). The van der Waals surface area contributed by atoms with Gasteiger partial charge in [-0.25, -0.2) is 9.97 Å². The monoisotopic (exact) mass is 231 g/mol. The molecule has 1 aliphatic heterocycles. The van der Waals surface area contributed by atoms with Crippen molar-refractivity contribution in [3.8, 4) is 0 Å². The first-order valence-electron chi connectivity index (χ1n) is 6.07. The molecule has 5 heteroatoms. The summed E-state index contributed by atoms with van der Waals surface area (Å²) in [5.41, 5.74) is 7.50. The number of nitrogens with one attached hydrogen (secondary N) is 2. The molecule has 0 saturated carbocycles. The maximum Gasteiger partial charge on any atom is 0.179 e. The molecule has 4 N–H and O–H groups in total. The fourth-order valence-electron chi connectivity index (χ4n) is 2.57. The van der Waals surface area contributed by atoms with Gasteiger partial charge >= 0.3 is 0 Å². The van der Waals surface area contributed by atoms with Crippen molar-refractivity contribution in [1.82, 2.24) is 20.3 Å². The van der Waals surface area contributed by atoms with Crippen LogP contribution in [0, 0.1) is 0 Å². The first-order valence-corrected chi connectivity index (χ1v) is 6.07. The van der Waals surface area contributed by atoms with Crippen molar-refractivity contribution in [3.05, 3.63) is 18.0 Å². The van der Waals surface area contributed by atoms with Crippen LogP contribution in [-0.2, 0) is 5.41 Å². The van der Waals surface area contributed by atoms with Gasteiger partial charge in [-0.05, 0) is 31.5 Å². The quantitative estimate of drug-likeness (QED) is 0.725. The maximum absolute atomic E-state index is 5.67. The number of aromatic amines is 1. The van der Waals surface area contributed by atoms with Crippen LogP contribution in [0.1, 0.15) is 25.6 Å². The molecule has 1 aliphatic rings. The molecule has 1 saturated heterocycles. The highest BCUT2D eigenvalue weighted by atomic mass is 15.0. The zero-order chi connectivity index (χ0) is 11.9. The van der Waals surface area contributed by atoms with Crippen molar-refractivity contribution in [2.24, 2.45) is 0 Å². The highest BCUT2D eigenvalue weighted by molar-refractivity contribution is 5.72. The van der Waals surface area contributed by atoms with Crippen LogP contribution < -0.4 is 11.1 Å². The van der Waals surface area contributed by atoms with Gasteiger partial charge in [0, 0.05) is 12.0 Å². The average molecular weight is 231 g/mol. The van der Waals surface area contributed by atoms with Gasteiger partial charge in [-0.15, -0.1) is 0 Å². The summed E-state index contributed by atoms with van der Waals surface area (Å²) in [4.78, 5) is 12.2. The van der Waals surface area contributed by atoms with E-state index in [1.54, 1.807) is 6.07 Å². The minimum atomic E-state index is 0.134. The molecule has 1 unspecified atom stereocenters. The molecule has 0 spiro atoms. The number of aromatic nitrogens is 3. The van der Waals surface area contributed by atoms with Crippen LogP contribution >= 0.6 is 0 Å². The molecule has 2 aromatic heterocycles. The van der Waals surface area contributed by atoms with Crippen molar-refractivity contribution in [2.45, 2.75) is 25.2 Å². The van der Waals surface area contributed by atoms with E-state index < -0.39 is 0 Å². The van der Waals surface area contributed by atoms with Crippen LogP contribution in [0.2, 0.25) is 0 Å². The number of hydrogen-bond acceptors (Lipinski definition) is 4. The number of pyridine rings is 1. The molecular formula is C12H17N5. The number of anilines is 1. The van der Waals surface area contributed by atoms with E-state index in [-0.39, 0.29) is 5.41 Å². The Hall–Kier alpha value is -1.62. The lowest BCUT2D eigenvalue weighted by Crippen LogP contribution is -2.29. The minimum absolute atomic E-state index is 0.134. The van der Waals surface area contributed by atoms with Gasteiger partial charge in [0.2, 0.25) is 0 Å². The SMILES string of the molecule is CCC1(c2nc3nc(N)ccc3[nH]2)CCNC1. The molecule has 90 valence electrons. The van der Waals surface area contributed by atoms with E-state index in [0.29, 0.717) is 5.82 Å². The Bertz CT molecular complexity index is 539. The van der Waals surface area contributed by atoms with Crippen LogP contribution in [0.5, 0.6) is 0 Å².